The normalized spacial score (nSPS) is 38.9. The number of carbonyl (C=O) groups excluding carboxylic acids is 1. The molecule has 0 bridgehead atoms. The number of cyclic esters (lactones) is 1. The molecule has 0 N–H and O–H groups in total. The molecule has 1 unspecified atom stereocenters. The highest BCUT2D eigenvalue weighted by Crippen LogP contribution is 2.42. The number of hydrogen-bond donors (Lipinski definition) is 0. The van der Waals surface area contributed by atoms with Gasteiger partial charge < -0.3 is 33.2 Å². The summed E-state index contributed by atoms with van der Waals surface area (Å²) in [4.78, 5) is 12.3. The zero-order valence-electron chi connectivity index (χ0n) is 17.7. The third-order valence-electron chi connectivity index (χ3n) is 5.85. The van der Waals surface area contributed by atoms with Crippen molar-refractivity contribution in [2.24, 2.45) is 0 Å². The number of ether oxygens (including phenoxy) is 7. The summed E-state index contributed by atoms with van der Waals surface area (Å²) < 4.78 is 41.6. The molecule has 164 valence electrons. The van der Waals surface area contributed by atoms with Gasteiger partial charge in [-0.1, -0.05) is 18.2 Å². The van der Waals surface area contributed by atoms with E-state index in [4.69, 9.17) is 33.2 Å². The molecular weight excluding hydrogens is 392 g/mol. The highest BCUT2D eigenvalue weighted by Gasteiger charge is 2.59. The highest BCUT2D eigenvalue weighted by atomic mass is 16.8. The van der Waals surface area contributed by atoms with E-state index in [9.17, 15) is 4.79 Å². The highest BCUT2D eigenvalue weighted by molar-refractivity contribution is 5.92. The third-order valence-corrected chi connectivity index (χ3v) is 5.85. The summed E-state index contributed by atoms with van der Waals surface area (Å²) in [7, 11) is 0. The van der Waals surface area contributed by atoms with Gasteiger partial charge in [-0.15, -0.1) is 0 Å². The first kappa shape index (κ1) is 20.4. The number of fused-ring (bicyclic) bond motifs is 2. The van der Waals surface area contributed by atoms with Gasteiger partial charge in [0.05, 0.1) is 18.8 Å². The molecule has 4 aliphatic heterocycles. The average Bonchev–Trinajstić information content (AvgIpc) is 3.30. The van der Waals surface area contributed by atoms with Crippen molar-refractivity contribution in [2.75, 3.05) is 13.2 Å². The van der Waals surface area contributed by atoms with Crippen LogP contribution in [0.2, 0.25) is 0 Å². The molecule has 0 aromatic heterocycles. The second-order valence-electron chi connectivity index (χ2n) is 9.12. The number of esters is 1. The summed E-state index contributed by atoms with van der Waals surface area (Å²) in [5.41, 5.74) is 1.58. The van der Waals surface area contributed by atoms with E-state index in [1.165, 1.54) is 0 Å². The van der Waals surface area contributed by atoms with E-state index in [0.29, 0.717) is 18.6 Å². The van der Waals surface area contributed by atoms with Gasteiger partial charge in [0.15, 0.2) is 17.9 Å². The summed E-state index contributed by atoms with van der Waals surface area (Å²) in [5.74, 6) is -1.74. The maximum Gasteiger partial charge on any atom is 0.338 e. The second-order valence-corrected chi connectivity index (χ2v) is 9.12. The fourth-order valence-electron chi connectivity index (χ4n) is 4.60. The van der Waals surface area contributed by atoms with Gasteiger partial charge in [0.1, 0.15) is 30.5 Å². The van der Waals surface area contributed by atoms with Crippen LogP contribution in [0.5, 0.6) is 0 Å². The molecule has 1 aromatic carbocycles. The Morgan fingerprint density at radius 3 is 2.53 bits per heavy atom. The van der Waals surface area contributed by atoms with Gasteiger partial charge in [0, 0.05) is 6.42 Å². The van der Waals surface area contributed by atoms with Crippen molar-refractivity contribution >= 4 is 5.97 Å². The summed E-state index contributed by atoms with van der Waals surface area (Å²) >= 11 is 0. The monoisotopic (exact) mass is 420 g/mol. The molecule has 6 atom stereocenters. The van der Waals surface area contributed by atoms with Crippen LogP contribution in [0.3, 0.4) is 0 Å². The van der Waals surface area contributed by atoms with Gasteiger partial charge in [-0.3, -0.25) is 0 Å². The molecule has 5 rings (SSSR count). The van der Waals surface area contributed by atoms with E-state index in [0.717, 1.165) is 5.56 Å². The minimum atomic E-state index is -0.746. The minimum Gasteiger partial charge on any atom is -0.456 e. The van der Waals surface area contributed by atoms with Crippen molar-refractivity contribution in [1.82, 2.24) is 0 Å². The standard InChI is InChI=1S/C22H28O8/c1-21(2)25-11-15(28-21)16-17-18(30-22(3,4)29-17)20(27-16)24-10-13-9-12-7-5-6-8-14(12)19(23)26-13/h5-8,13,15-18,20H,9-11H2,1-4H3/t13-,15-,16+,17-,18-,20?/m0/s1. The molecule has 0 radical (unpaired) electrons. The van der Waals surface area contributed by atoms with Crippen molar-refractivity contribution in [1.29, 1.82) is 0 Å². The van der Waals surface area contributed by atoms with Crippen LogP contribution >= 0.6 is 0 Å². The number of rotatable bonds is 4. The smallest absolute Gasteiger partial charge is 0.338 e. The molecule has 4 aliphatic rings. The van der Waals surface area contributed by atoms with Crippen molar-refractivity contribution in [3.8, 4) is 0 Å². The Balaban J connectivity index is 1.26. The van der Waals surface area contributed by atoms with Crippen LogP contribution in [0.15, 0.2) is 24.3 Å². The molecule has 0 saturated carbocycles. The molecule has 1 aromatic rings. The predicted molar refractivity (Wildman–Crippen MR) is 103 cm³/mol. The lowest BCUT2D eigenvalue weighted by molar-refractivity contribution is -0.251. The Kier molecular flexibility index (Phi) is 4.92. The first-order valence-corrected chi connectivity index (χ1v) is 10.4. The van der Waals surface area contributed by atoms with Gasteiger partial charge >= 0.3 is 5.97 Å². The first-order chi connectivity index (χ1) is 14.2. The van der Waals surface area contributed by atoms with Gasteiger partial charge in [-0.2, -0.15) is 0 Å². The summed E-state index contributed by atoms with van der Waals surface area (Å²) in [6.45, 7) is 8.11. The van der Waals surface area contributed by atoms with Gasteiger partial charge in [0.25, 0.3) is 0 Å². The lowest BCUT2D eigenvalue weighted by atomic mass is 9.99. The number of hydrogen-bond acceptors (Lipinski definition) is 8. The van der Waals surface area contributed by atoms with Crippen LogP contribution in [-0.2, 0) is 39.6 Å². The van der Waals surface area contributed by atoms with E-state index < -0.39 is 24.0 Å². The van der Waals surface area contributed by atoms with Gasteiger partial charge in [0.2, 0.25) is 0 Å². The van der Waals surface area contributed by atoms with Crippen LogP contribution in [0, 0.1) is 0 Å². The topological polar surface area (TPSA) is 81.7 Å². The van der Waals surface area contributed by atoms with Crippen LogP contribution in [0.1, 0.15) is 43.6 Å². The fraction of sp³-hybridized carbons (Fsp3) is 0.682. The number of benzene rings is 1. The molecule has 3 saturated heterocycles. The molecule has 8 heteroatoms. The van der Waals surface area contributed by atoms with Crippen molar-refractivity contribution in [3.05, 3.63) is 35.4 Å². The molecule has 0 amide bonds. The SMILES string of the molecule is CC1(C)OC[C@@H]([C@H]2OC(OC[C@@H]3Cc4ccccc4C(=O)O3)[C@H]3OC(C)(C)O[C@@H]23)O1. The minimum absolute atomic E-state index is 0.206. The summed E-state index contributed by atoms with van der Waals surface area (Å²) in [6.07, 6.45) is -1.82. The van der Waals surface area contributed by atoms with Crippen LogP contribution in [0.25, 0.3) is 0 Å². The Bertz CT molecular complexity index is 821. The lowest BCUT2D eigenvalue weighted by Gasteiger charge is -2.28. The van der Waals surface area contributed by atoms with Gasteiger partial charge in [-0.05, 0) is 39.3 Å². The lowest BCUT2D eigenvalue weighted by Crippen LogP contribution is -2.40. The van der Waals surface area contributed by atoms with E-state index in [1.54, 1.807) is 6.07 Å². The molecule has 30 heavy (non-hydrogen) atoms. The van der Waals surface area contributed by atoms with Crippen LogP contribution in [0.4, 0.5) is 0 Å². The van der Waals surface area contributed by atoms with Crippen molar-refractivity contribution in [2.45, 2.75) is 82.5 Å². The number of carbonyl (C=O) groups is 1. The van der Waals surface area contributed by atoms with Crippen LogP contribution < -0.4 is 0 Å². The predicted octanol–water partition coefficient (Wildman–Crippen LogP) is 2.18. The van der Waals surface area contributed by atoms with Crippen LogP contribution in [-0.4, -0.2) is 67.6 Å². The quantitative estimate of drug-likeness (QED) is 0.686. The third kappa shape index (κ3) is 3.77. The van der Waals surface area contributed by atoms with Gasteiger partial charge in [-0.25, -0.2) is 4.79 Å². The average molecular weight is 420 g/mol. The van der Waals surface area contributed by atoms with E-state index in [2.05, 4.69) is 0 Å². The molecule has 0 aliphatic carbocycles. The fourth-order valence-corrected chi connectivity index (χ4v) is 4.60. The van der Waals surface area contributed by atoms with Crippen molar-refractivity contribution in [3.63, 3.8) is 0 Å². The molecule has 4 heterocycles. The van der Waals surface area contributed by atoms with Crippen molar-refractivity contribution < 1.29 is 38.0 Å². The summed E-state index contributed by atoms with van der Waals surface area (Å²) in [6, 6.07) is 7.47. The van der Waals surface area contributed by atoms with E-state index >= 15 is 0 Å². The molecule has 3 fully saturated rings. The zero-order valence-corrected chi connectivity index (χ0v) is 17.7. The van der Waals surface area contributed by atoms with E-state index in [-0.39, 0.29) is 37.0 Å². The Morgan fingerprint density at radius 1 is 1.00 bits per heavy atom. The summed E-state index contributed by atoms with van der Waals surface area (Å²) in [5, 5.41) is 0. The Labute approximate surface area is 175 Å². The molecular formula is C22H28O8. The largest absolute Gasteiger partial charge is 0.456 e. The maximum atomic E-state index is 12.3. The molecule has 8 nitrogen and oxygen atoms in total. The Hall–Kier alpha value is -1.55. The van der Waals surface area contributed by atoms with E-state index in [1.807, 2.05) is 45.9 Å². The first-order valence-electron chi connectivity index (χ1n) is 10.4. The zero-order chi connectivity index (χ0) is 21.1. The maximum absolute atomic E-state index is 12.3. The molecule has 0 spiro atoms. The second kappa shape index (κ2) is 7.25. The Morgan fingerprint density at radius 2 is 1.77 bits per heavy atom.